The van der Waals surface area contributed by atoms with Crippen LogP contribution in [-0.4, -0.2) is 34.4 Å². The minimum Gasteiger partial charge on any atom is -0.348 e. The molecular weight excluding hydrogens is 364 g/mol. The monoisotopic (exact) mass is 384 g/mol. The summed E-state index contributed by atoms with van der Waals surface area (Å²) in [6.45, 7) is 0.685. The highest BCUT2D eigenvalue weighted by atomic mass is 35.5. The molecule has 1 spiro atoms. The Kier molecular flexibility index (Phi) is 4.83. The van der Waals surface area contributed by atoms with Gasteiger partial charge in [0.2, 0.25) is 5.91 Å². The molecule has 27 heavy (non-hydrogen) atoms. The Labute approximate surface area is 163 Å². The van der Waals surface area contributed by atoms with E-state index >= 15 is 0 Å². The Balaban J connectivity index is 1.47. The van der Waals surface area contributed by atoms with Crippen LogP contribution in [0, 0.1) is 5.41 Å². The smallest absolute Gasteiger partial charge is 0.271 e. The zero-order chi connectivity index (χ0) is 18.9. The molecule has 7 heteroatoms. The van der Waals surface area contributed by atoms with Crippen LogP contribution >= 0.6 is 11.6 Å². The van der Waals surface area contributed by atoms with Gasteiger partial charge in [-0.15, -0.1) is 0 Å². The van der Waals surface area contributed by atoms with Crippen LogP contribution in [0.5, 0.6) is 0 Å². The third-order valence-electron chi connectivity index (χ3n) is 5.61. The quantitative estimate of drug-likeness (QED) is 0.881. The summed E-state index contributed by atoms with van der Waals surface area (Å²) in [5, 5.41) is 3.66. The lowest BCUT2D eigenvalue weighted by Gasteiger charge is -2.36. The second-order valence-electron chi connectivity index (χ2n) is 7.32. The fourth-order valence-corrected chi connectivity index (χ4v) is 4.48. The van der Waals surface area contributed by atoms with Crippen molar-refractivity contribution in [1.29, 1.82) is 0 Å². The Morgan fingerprint density at radius 1 is 1.30 bits per heavy atom. The molecule has 1 aliphatic carbocycles. The molecule has 2 amide bonds. The topological polar surface area (TPSA) is 75.2 Å². The Morgan fingerprint density at radius 2 is 2.19 bits per heavy atom. The third-order valence-corrected chi connectivity index (χ3v) is 5.84. The number of aromatic nitrogens is 2. The van der Waals surface area contributed by atoms with Gasteiger partial charge in [0.15, 0.2) is 0 Å². The first-order valence-corrected chi connectivity index (χ1v) is 9.60. The van der Waals surface area contributed by atoms with E-state index in [1.807, 2.05) is 23.1 Å². The van der Waals surface area contributed by atoms with Crippen LogP contribution in [0.15, 0.2) is 42.9 Å². The molecule has 1 aliphatic heterocycles. The Hall–Kier alpha value is -2.47. The number of hydrogen-bond acceptors (Lipinski definition) is 4. The molecule has 1 saturated carbocycles. The predicted molar refractivity (Wildman–Crippen MR) is 103 cm³/mol. The lowest BCUT2D eigenvalue weighted by molar-refractivity contribution is -0.127. The molecule has 0 bridgehead atoms. The molecule has 1 aromatic heterocycles. The summed E-state index contributed by atoms with van der Waals surface area (Å²) in [5.41, 5.74) is 0.742. The number of carbonyl (C=O) groups excluding carboxylic acids is 2. The zero-order valence-corrected chi connectivity index (χ0v) is 15.7. The molecule has 2 heterocycles. The molecule has 1 saturated heterocycles. The summed E-state index contributed by atoms with van der Waals surface area (Å²) < 4.78 is 0. The van der Waals surface area contributed by atoms with Gasteiger partial charge >= 0.3 is 0 Å². The van der Waals surface area contributed by atoms with Crippen LogP contribution in [0.2, 0.25) is 5.02 Å². The maximum Gasteiger partial charge on any atom is 0.271 e. The SMILES string of the molecule is O=C(N[C@H]1CCC[C@]2(CCN(c3cccc(Cl)c3)C2=O)C1)c1cnccn1. The normalized spacial score (nSPS) is 25.0. The Morgan fingerprint density at radius 3 is 2.96 bits per heavy atom. The van der Waals surface area contributed by atoms with E-state index in [1.165, 1.54) is 18.6 Å². The number of hydrogen-bond donors (Lipinski definition) is 1. The average molecular weight is 385 g/mol. The van der Waals surface area contributed by atoms with Crippen LogP contribution < -0.4 is 10.2 Å². The number of anilines is 1. The van der Waals surface area contributed by atoms with Crippen LogP contribution in [0.25, 0.3) is 0 Å². The first kappa shape index (κ1) is 17.9. The van der Waals surface area contributed by atoms with Gasteiger partial charge in [0.25, 0.3) is 5.91 Å². The number of rotatable bonds is 3. The van der Waals surface area contributed by atoms with Crippen LogP contribution in [-0.2, 0) is 4.79 Å². The lowest BCUT2D eigenvalue weighted by atomic mass is 9.71. The van der Waals surface area contributed by atoms with E-state index in [1.54, 1.807) is 6.07 Å². The minimum absolute atomic E-state index is 0.0310. The van der Waals surface area contributed by atoms with Crippen molar-refractivity contribution in [2.24, 2.45) is 5.41 Å². The molecule has 4 rings (SSSR count). The predicted octanol–water partition coefficient (Wildman–Crippen LogP) is 3.23. The molecule has 140 valence electrons. The fraction of sp³-hybridized carbons (Fsp3) is 0.400. The summed E-state index contributed by atoms with van der Waals surface area (Å²) in [6.07, 6.45) is 8.61. The summed E-state index contributed by atoms with van der Waals surface area (Å²) in [6, 6.07) is 7.38. The minimum atomic E-state index is -0.402. The molecule has 2 aliphatic rings. The van der Waals surface area contributed by atoms with E-state index in [9.17, 15) is 9.59 Å². The van der Waals surface area contributed by atoms with E-state index in [2.05, 4.69) is 15.3 Å². The van der Waals surface area contributed by atoms with E-state index in [-0.39, 0.29) is 17.9 Å². The first-order valence-electron chi connectivity index (χ1n) is 9.22. The molecule has 1 aromatic carbocycles. The van der Waals surface area contributed by atoms with Crippen molar-refractivity contribution < 1.29 is 9.59 Å². The molecule has 6 nitrogen and oxygen atoms in total. The van der Waals surface area contributed by atoms with E-state index in [0.717, 1.165) is 31.4 Å². The largest absolute Gasteiger partial charge is 0.348 e. The van der Waals surface area contributed by atoms with Crippen molar-refractivity contribution >= 4 is 29.1 Å². The average Bonchev–Trinajstić information content (AvgIpc) is 2.98. The van der Waals surface area contributed by atoms with Crippen LogP contribution in [0.3, 0.4) is 0 Å². The second-order valence-corrected chi connectivity index (χ2v) is 7.76. The van der Waals surface area contributed by atoms with Gasteiger partial charge in [0, 0.05) is 35.7 Å². The molecule has 2 fully saturated rings. The highest BCUT2D eigenvalue weighted by Crippen LogP contribution is 2.46. The van der Waals surface area contributed by atoms with E-state index in [4.69, 9.17) is 11.6 Å². The highest BCUT2D eigenvalue weighted by Gasteiger charge is 2.49. The molecule has 2 atom stereocenters. The molecule has 2 aromatic rings. The van der Waals surface area contributed by atoms with Gasteiger partial charge in [0.05, 0.1) is 11.6 Å². The third kappa shape index (κ3) is 3.54. The van der Waals surface area contributed by atoms with Crippen molar-refractivity contribution in [1.82, 2.24) is 15.3 Å². The van der Waals surface area contributed by atoms with Gasteiger partial charge in [0.1, 0.15) is 5.69 Å². The first-order chi connectivity index (χ1) is 13.1. The van der Waals surface area contributed by atoms with Crippen molar-refractivity contribution in [2.45, 2.75) is 38.1 Å². The van der Waals surface area contributed by atoms with E-state index < -0.39 is 5.41 Å². The summed E-state index contributed by atoms with van der Waals surface area (Å²) in [5.74, 6) is -0.0921. The van der Waals surface area contributed by atoms with Gasteiger partial charge in [-0.2, -0.15) is 0 Å². The number of halogens is 1. The van der Waals surface area contributed by atoms with Crippen molar-refractivity contribution in [2.75, 3.05) is 11.4 Å². The van der Waals surface area contributed by atoms with Crippen molar-refractivity contribution in [3.63, 3.8) is 0 Å². The van der Waals surface area contributed by atoms with Gasteiger partial charge < -0.3 is 10.2 Å². The number of nitrogens with zero attached hydrogens (tertiary/aromatic N) is 3. The van der Waals surface area contributed by atoms with Gasteiger partial charge in [-0.1, -0.05) is 24.1 Å². The van der Waals surface area contributed by atoms with Crippen LogP contribution in [0.4, 0.5) is 5.69 Å². The molecular formula is C20H21ClN4O2. The number of benzene rings is 1. The van der Waals surface area contributed by atoms with Crippen molar-refractivity contribution in [3.05, 3.63) is 53.6 Å². The summed E-state index contributed by atoms with van der Waals surface area (Å²) in [4.78, 5) is 35.5. The fourth-order valence-electron chi connectivity index (χ4n) is 4.29. The van der Waals surface area contributed by atoms with Gasteiger partial charge in [-0.3, -0.25) is 14.6 Å². The van der Waals surface area contributed by atoms with Gasteiger partial charge in [-0.25, -0.2) is 4.98 Å². The number of amides is 2. The standard InChI is InChI=1S/C20H21ClN4O2/c21-14-3-1-5-16(11-14)25-10-7-20(19(25)27)6-2-4-15(12-20)24-18(26)17-13-22-8-9-23-17/h1,3,5,8-9,11,13,15H,2,4,6-7,10,12H2,(H,24,26)/t15-,20-/m0/s1. The lowest BCUT2D eigenvalue weighted by Crippen LogP contribution is -2.46. The molecule has 0 unspecified atom stereocenters. The number of nitrogens with one attached hydrogen (secondary N) is 1. The molecule has 0 radical (unpaired) electrons. The number of carbonyl (C=O) groups is 2. The van der Waals surface area contributed by atoms with E-state index in [0.29, 0.717) is 23.7 Å². The maximum absolute atomic E-state index is 13.2. The maximum atomic E-state index is 13.2. The summed E-state index contributed by atoms with van der Waals surface area (Å²) in [7, 11) is 0. The van der Waals surface area contributed by atoms with Crippen molar-refractivity contribution in [3.8, 4) is 0 Å². The highest BCUT2D eigenvalue weighted by molar-refractivity contribution is 6.31. The zero-order valence-electron chi connectivity index (χ0n) is 14.9. The summed E-state index contributed by atoms with van der Waals surface area (Å²) >= 11 is 6.09. The Bertz CT molecular complexity index is 860. The molecule has 1 N–H and O–H groups in total. The second kappa shape index (κ2) is 7.27. The van der Waals surface area contributed by atoms with Crippen LogP contribution in [0.1, 0.15) is 42.6 Å². The van der Waals surface area contributed by atoms with Gasteiger partial charge in [-0.05, 0) is 43.9 Å².